The summed E-state index contributed by atoms with van der Waals surface area (Å²) in [6.45, 7) is 2.34. The number of alkyl halides is 3. The van der Waals surface area contributed by atoms with Gasteiger partial charge in [0, 0.05) is 13.2 Å². The van der Waals surface area contributed by atoms with Crippen molar-refractivity contribution >= 4 is 29.2 Å². The molecule has 0 saturated carbocycles. The predicted molar refractivity (Wildman–Crippen MR) is 125 cm³/mol. The van der Waals surface area contributed by atoms with E-state index in [0.29, 0.717) is 12.0 Å². The first-order chi connectivity index (χ1) is 16.8. The first-order valence-corrected chi connectivity index (χ1v) is 11.0. The largest absolute Gasteiger partial charge is 0.395 e. The van der Waals surface area contributed by atoms with Crippen LogP contribution in [-0.4, -0.2) is 47.3 Å². The van der Waals surface area contributed by atoms with Crippen molar-refractivity contribution < 1.29 is 32.3 Å². The summed E-state index contributed by atoms with van der Waals surface area (Å²) in [7, 11) is 1.24. The van der Waals surface area contributed by atoms with Crippen molar-refractivity contribution in [3.8, 4) is 0 Å². The zero-order valence-electron chi connectivity index (χ0n) is 19.9. The molecule has 194 valence electrons. The molecular formula is C24H27F3N4O5. The average molecular weight is 508 g/mol. The third kappa shape index (κ3) is 8.36. The Labute approximate surface area is 205 Å². The monoisotopic (exact) mass is 508 g/mol. The predicted octanol–water partition coefficient (Wildman–Crippen LogP) is 1.79. The van der Waals surface area contributed by atoms with Crippen LogP contribution in [0.15, 0.2) is 47.4 Å². The summed E-state index contributed by atoms with van der Waals surface area (Å²) in [5.74, 6) is -4.79. The molecule has 1 unspecified atom stereocenters. The highest BCUT2D eigenvalue weighted by Gasteiger charge is 2.36. The third-order valence-corrected chi connectivity index (χ3v) is 5.09. The van der Waals surface area contributed by atoms with Gasteiger partial charge >= 0.3 is 18.0 Å². The number of anilines is 1. The summed E-state index contributed by atoms with van der Waals surface area (Å²) < 4.78 is 39.0. The Morgan fingerprint density at radius 1 is 1.00 bits per heavy atom. The number of ketones is 1. The topological polar surface area (TPSA) is 126 Å². The minimum Gasteiger partial charge on any atom is -0.351 e. The van der Waals surface area contributed by atoms with Gasteiger partial charge in [0.15, 0.2) is 5.78 Å². The van der Waals surface area contributed by atoms with Gasteiger partial charge in [0.05, 0.1) is 6.04 Å². The lowest BCUT2D eigenvalue weighted by Gasteiger charge is -2.22. The maximum absolute atomic E-state index is 12.9. The molecule has 2 aromatic rings. The number of rotatable bonds is 9. The molecule has 3 N–H and O–H groups in total. The van der Waals surface area contributed by atoms with Gasteiger partial charge in [-0.25, -0.2) is 0 Å². The van der Waals surface area contributed by atoms with Crippen LogP contribution in [0.5, 0.6) is 0 Å². The van der Waals surface area contributed by atoms with Crippen LogP contribution < -0.4 is 21.5 Å². The maximum atomic E-state index is 12.9. The highest BCUT2D eigenvalue weighted by molar-refractivity contribution is 6.39. The molecule has 3 amide bonds. The molecule has 9 nitrogen and oxygen atoms in total. The number of amides is 3. The zero-order valence-corrected chi connectivity index (χ0v) is 19.9. The van der Waals surface area contributed by atoms with Gasteiger partial charge in [-0.2, -0.15) is 13.2 Å². The number of carbonyl (C=O) groups excluding carboxylic acids is 4. The Balaban J connectivity index is 2.35. The molecule has 1 aromatic heterocycles. The van der Waals surface area contributed by atoms with E-state index in [1.807, 2.05) is 18.2 Å². The fourth-order valence-electron chi connectivity index (χ4n) is 3.43. The molecule has 2 rings (SSSR count). The van der Waals surface area contributed by atoms with Gasteiger partial charge < -0.3 is 20.5 Å². The van der Waals surface area contributed by atoms with E-state index >= 15 is 0 Å². The Bertz CT molecular complexity index is 1180. The highest BCUT2D eigenvalue weighted by atomic mass is 19.4. The van der Waals surface area contributed by atoms with Gasteiger partial charge in [0.25, 0.3) is 5.56 Å². The molecule has 0 spiro atoms. The number of nitrogens with one attached hydrogen (secondary N) is 3. The van der Waals surface area contributed by atoms with Crippen LogP contribution in [0.4, 0.5) is 18.9 Å². The molecule has 36 heavy (non-hydrogen) atoms. The van der Waals surface area contributed by atoms with Crippen molar-refractivity contribution in [2.45, 2.75) is 45.5 Å². The second-order valence-electron chi connectivity index (χ2n) is 8.44. The van der Waals surface area contributed by atoms with E-state index < -0.39 is 60.2 Å². The Morgan fingerprint density at radius 3 is 2.19 bits per heavy atom. The van der Waals surface area contributed by atoms with Crippen LogP contribution in [0.3, 0.4) is 0 Å². The first-order valence-electron chi connectivity index (χ1n) is 11.0. The molecule has 0 saturated heterocycles. The SMILES string of the molecule is CNC(=O)C(=O)Nc1cc(Cc2ccccc2)cn(CC(=O)NC(C(=O)CC(F)(F)F)C(C)C)c1=O. The van der Waals surface area contributed by atoms with Gasteiger partial charge in [-0.15, -0.1) is 0 Å². The van der Waals surface area contributed by atoms with Crippen LogP contribution in [0.25, 0.3) is 0 Å². The average Bonchev–Trinajstić information content (AvgIpc) is 2.79. The van der Waals surface area contributed by atoms with Gasteiger partial charge in [0.2, 0.25) is 5.91 Å². The molecule has 0 aliphatic carbocycles. The van der Waals surface area contributed by atoms with Crippen molar-refractivity contribution in [3.05, 3.63) is 64.1 Å². The smallest absolute Gasteiger partial charge is 0.351 e. The Kier molecular flexibility index (Phi) is 9.53. The Hall–Kier alpha value is -3.96. The van der Waals surface area contributed by atoms with Crippen LogP contribution >= 0.6 is 0 Å². The van der Waals surface area contributed by atoms with E-state index in [1.54, 1.807) is 12.1 Å². The van der Waals surface area contributed by atoms with E-state index in [1.165, 1.54) is 33.2 Å². The van der Waals surface area contributed by atoms with Crippen LogP contribution in [0, 0.1) is 5.92 Å². The Morgan fingerprint density at radius 2 is 1.64 bits per heavy atom. The number of hydrogen-bond donors (Lipinski definition) is 3. The molecular weight excluding hydrogens is 481 g/mol. The minimum absolute atomic E-state index is 0.265. The molecule has 0 radical (unpaired) electrons. The lowest BCUT2D eigenvalue weighted by Crippen LogP contribution is -2.47. The first kappa shape index (κ1) is 28.3. The van der Waals surface area contributed by atoms with Crippen molar-refractivity contribution in [1.82, 2.24) is 15.2 Å². The van der Waals surface area contributed by atoms with Crippen molar-refractivity contribution in [3.63, 3.8) is 0 Å². The fraction of sp³-hybridized carbons (Fsp3) is 0.375. The third-order valence-electron chi connectivity index (χ3n) is 5.09. The molecule has 0 bridgehead atoms. The number of halogens is 3. The lowest BCUT2D eigenvalue weighted by atomic mass is 9.97. The number of pyridine rings is 1. The highest BCUT2D eigenvalue weighted by Crippen LogP contribution is 2.22. The van der Waals surface area contributed by atoms with Crippen molar-refractivity contribution in [2.24, 2.45) is 5.92 Å². The summed E-state index contributed by atoms with van der Waals surface area (Å²) in [5, 5.41) is 6.61. The van der Waals surface area contributed by atoms with Gasteiger partial charge in [-0.1, -0.05) is 44.2 Å². The van der Waals surface area contributed by atoms with E-state index in [9.17, 15) is 37.1 Å². The van der Waals surface area contributed by atoms with Crippen LogP contribution in [0.1, 0.15) is 31.4 Å². The molecule has 1 atom stereocenters. The van der Waals surface area contributed by atoms with E-state index in [-0.39, 0.29) is 5.69 Å². The fourth-order valence-corrected chi connectivity index (χ4v) is 3.43. The van der Waals surface area contributed by atoms with Gasteiger partial charge in [-0.05, 0) is 29.5 Å². The number of nitrogens with zero attached hydrogens (tertiary/aromatic N) is 1. The quantitative estimate of drug-likeness (QED) is 0.445. The number of aromatic nitrogens is 1. The summed E-state index contributed by atoms with van der Waals surface area (Å²) in [6.07, 6.45) is -4.75. The van der Waals surface area contributed by atoms with Gasteiger partial charge in [-0.3, -0.25) is 24.0 Å². The molecule has 0 aliphatic rings. The molecule has 1 heterocycles. The molecule has 1 aromatic carbocycles. The standard InChI is InChI=1S/C24H27F3N4O5/c1-14(2)20(18(32)11-24(25,26)27)30-19(33)13-31-12-16(9-15-7-5-4-6-8-15)10-17(23(31)36)29-22(35)21(34)28-3/h4-8,10,12,14,20H,9,11,13H2,1-3H3,(H,28,34)(H,29,35)(H,30,33). The normalized spacial score (nSPS) is 12.1. The summed E-state index contributed by atoms with van der Waals surface area (Å²) in [5.41, 5.74) is 0.281. The minimum atomic E-state index is -4.73. The second kappa shape index (κ2) is 12.1. The maximum Gasteiger partial charge on any atom is 0.395 e. The number of hydrogen-bond acceptors (Lipinski definition) is 5. The zero-order chi connectivity index (χ0) is 27.0. The lowest BCUT2D eigenvalue weighted by molar-refractivity contribution is -0.155. The van der Waals surface area contributed by atoms with E-state index in [4.69, 9.17) is 0 Å². The van der Waals surface area contributed by atoms with Gasteiger partial charge in [0.1, 0.15) is 18.7 Å². The summed E-state index contributed by atoms with van der Waals surface area (Å²) >= 11 is 0. The van der Waals surface area contributed by atoms with E-state index in [2.05, 4.69) is 16.0 Å². The second-order valence-corrected chi connectivity index (χ2v) is 8.44. The molecule has 0 fully saturated rings. The van der Waals surface area contributed by atoms with Crippen LogP contribution in [0.2, 0.25) is 0 Å². The summed E-state index contributed by atoms with van der Waals surface area (Å²) in [6, 6.07) is 9.03. The van der Waals surface area contributed by atoms with Crippen molar-refractivity contribution in [1.29, 1.82) is 0 Å². The number of carbonyl (C=O) groups is 4. The number of Topliss-reactive ketones (excluding diaryl/α,β-unsaturated/α-hetero) is 1. The summed E-state index contributed by atoms with van der Waals surface area (Å²) in [4.78, 5) is 61.3. The van der Waals surface area contributed by atoms with Crippen LogP contribution in [-0.2, 0) is 32.1 Å². The number of benzene rings is 1. The number of likely N-dealkylation sites (N-methyl/N-ethyl adjacent to an activating group) is 1. The molecule has 12 heteroatoms. The molecule has 0 aliphatic heterocycles. The van der Waals surface area contributed by atoms with E-state index in [0.717, 1.165) is 10.1 Å². The van der Waals surface area contributed by atoms with Crippen molar-refractivity contribution in [2.75, 3.05) is 12.4 Å².